The van der Waals surface area contributed by atoms with E-state index in [1.807, 2.05) is 37.1 Å². The summed E-state index contributed by atoms with van der Waals surface area (Å²) in [7, 11) is 3.02. The lowest BCUT2D eigenvalue weighted by Gasteiger charge is -2.34. The number of ether oxygens (including phenoxy) is 2. The van der Waals surface area contributed by atoms with Gasteiger partial charge in [-0.3, -0.25) is 4.79 Å². The number of anilines is 1. The maximum absolute atomic E-state index is 14.3. The van der Waals surface area contributed by atoms with Crippen molar-refractivity contribution in [3.63, 3.8) is 0 Å². The predicted octanol–water partition coefficient (Wildman–Crippen LogP) is 5.52. The second-order valence-corrected chi connectivity index (χ2v) is 11.4. The van der Waals surface area contributed by atoms with Crippen molar-refractivity contribution in [2.75, 3.05) is 19.5 Å². The zero-order valence-corrected chi connectivity index (χ0v) is 24.5. The van der Waals surface area contributed by atoms with Gasteiger partial charge in [-0.05, 0) is 79.7 Å². The van der Waals surface area contributed by atoms with E-state index >= 15 is 0 Å². The highest BCUT2D eigenvalue weighted by atomic mass is 79.9. The van der Waals surface area contributed by atoms with Crippen molar-refractivity contribution in [2.45, 2.75) is 57.2 Å². The first kappa shape index (κ1) is 27.3. The van der Waals surface area contributed by atoms with E-state index in [1.165, 1.54) is 14.2 Å². The molecule has 2 aliphatic heterocycles. The van der Waals surface area contributed by atoms with Crippen LogP contribution in [0.2, 0.25) is 5.02 Å². The van der Waals surface area contributed by atoms with Crippen LogP contribution in [-0.4, -0.2) is 58.1 Å². The summed E-state index contributed by atoms with van der Waals surface area (Å²) in [6.07, 6.45) is 5.12. The molecule has 39 heavy (non-hydrogen) atoms. The first-order chi connectivity index (χ1) is 18.7. The van der Waals surface area contributed by atoms with Crippen molar-refractivity contribution >= 4 is 45.2 Å². The Hall–Kier alpha value is -3.31. The average Bonchev–Trinajstić information content (AvgIpc) is 3.63. The number of carbonyl (C=O) groups excluding carboxylic acids is 2. The Balaban J connectivity index is 1.53. The topological polar surface area (TPSA) is 111 Å². The summed E-state index contributed by atoms with van der Waals surface area (Å²) < 4.78 is 13.4. The van der Waals surface area contributed by atoms with E-state index < -0.39 is 11.6 Å². The van der Waals surface area contributed by atoms with Crippen molar-refractivity contribution in [1.29, 1.82) is 0 Å². The summed E-state index contributed by atoms with van der Waals surface area (Å²) in [5, 5.41) is 15.1. The minimum Gasteiger partial charge on any atom is -0.493 e. The standard InChI is InChI=1S/C27H30BrClN6O4/c1-15(2)30-26(37)31-21-13-23(39-4)22(38-3)12-18(21)25(36)35-16-7-9-27(35,10-8-16)24-14-34(33-32-24)17-5-6-19(28)20(29)11-17/h5-6,11-16H,7-10H2,1-4H3,(H2,30,31,37). The maximum atomic E-state index is 14.3. The fourth-order valence-corrected chi connectivity index (χ4v) is 6.03. The zero-order chi connectivity index (χ0) is 27.9. The number of halogens is 2. The molecule has 2 N–H and O–H groups in total. The number of urea groups is 1. The van der Waals surface area contributed by atoms with Crippen LogP contribution in [0.25, 0.3) is 5.69 Å². The van der Waals surface area contributed by atoms with Crippen LogP contribution in [0.3, 0.4) is 0 Å². The third-order valence-electron chi connectivity index (χ3n) is 7.39. The number of methoxy groups -OCH3 is 2. The number of aromatic nitrogens is 3. The van der Waals surface area contributed by atoms with Gasteiger partial charge in [0.2, 0.25) is 0 Å². The first-order valence-corrected chi connectivity index (χ1v) is 13.9. The minimum absolute atomic E-state index is 0.0511. The molecule has 0 radical (unpaired) electrons. The molecule has 3 aromatic rings. The molecule has 0 atom stereocenters. The molecule has 10 nitrogen and oxygen atoms in total. The summed E-state index contributed by atoms with van der Waals surface area (Å²) in [4.78, 5) is 28.9. The van der Waals surface area contributed by atoms with Gasteiger partial charge in [-0.1, -0.05) is 16.8 Å². The Morgan fingerprint density at radius 1 is 1.13 bits per heavy atom. The number of hydrogen-bond acceptors (Lipinski definition) is 6. The molecule has 0 spiro atoms. The Kier molecular flexibility index (Phi) is 7.47. The average molecular weight is 618 g/mol. The van der Waals surface area contributed by atoms with Crippen molar-refractivity contribution < 1.29 is 19.1 Å². The van der Waals surface area contributed by atoms with E-state index in [-0.39, 0.29) is 18.0 Å². The van der Waals surface area contributed by atoms with Crippen molar-refractivity contribution in [2.24, 2.45) is 0 Å². The molecule has 5 rings (SSSR count). The lowest BCUT2D eigenvalue weighted by atomic mass is 9.85. The van der Waals surface area contributed by atoms with Crippen molar-refractivity contribution in [3.05, 3.63) is 57.3 Å². The van der Waals surface area contributed by atoms with Gasteiger partial charge in [0.05, 0.1) is 47.9 Å². The molecule has 12 heteroatoms. The second kappa shape index (κ2) is 10.7. The van der Waals surface area contributed by atoms with Crippen LogP contribution in [0.5, 0.6) is 11.5 Å². The van der Waals surface area contributed by atoms with Crippen LogP contribution < -0.4 is 20.1 Å². The fraction of sp³-hybridized carbons (Fsp3) is 0.407. The number of nitrogens with zero attached hydrogens (tertiary/aromatic N) is 4. The van der Waals surface area contributed by atoms with Gasteiger partial charge in [0.1, 0.15) is 5.69 Å². The molecule has 3 amide bonds. The number of rotatable bonds is 7. The van der Waals surface area contributed by atoms with E-state index in [0.717, 1.165) is 41.5 Å². The normalized spacial score (nSPS) is 19.9. The third-order valence-corrected chi connectivity index (χ3v) is 8.62. The number of fused-ring (bicyclic) bond motifs is 2. The van der Waals surface area contributed by atoms with Crippen LogP contribution in [-0.2, 0) is 5.54 Å². The molecule has 2 aromatic carbocycles. The van der Waals surface area contributed by atoms with Gasteiger partial charge in [-0.25, -0.2) is 9.48 Å². The number of nitrogens with one attached hydrogen (secondary N) is 2. The lowest BCUT2D eigenvalue weighted by molar-refractivity contribution is 0.0603. The summed E-state index contributed by atoms with van der Waals surface area (Å²) in [5.74, 6) is 0.593. The summed E-state index contributed by atoms with van der Waals surface area (Å²) in [6.45, 7) is 3.72. The highest BCUT2D eigenvalue weighted by Gasteiger charge is 2.56. The molecule has 0 unspecified atom stereocenters. The minimum atomic E-state index is -0.607. The molecule has 2 bridgehead atoms. The van der Waals surface area contributed by atoms with Crippen molar-refractivity contribution in [3.8, 4) is 17.2 Å². The van der Waals surface area contributed by atoms with Crippen LogP contribution in [0.1, 0.15) is 55.6 Å². The molecule has 0 saturated carbocycles. The van der Waals surface area contributed by atoms with Crippen LogP contribution >= 0.6 is 27.5 Å². The van der Waals surface area contributed by atoms with E-state index in [2.05, 4.69) is 36.9 Å². The Bertz CT molecular complexity index is 1420. The molecule has 3 heterocycles. The first-order valence-electron chi connectivity index (χ1n) is 12.7. The number of benzene rings is 2. The molecule has 2 fully saturated rings. The molecule has 2 aliphatic rings. The molecule has 206 valence electrons. The van der Waals surface area contributed by atoms with Gasteiger partial charge in [0.15, 0.2) is 11.5 Å². The van der Waals surface area contributed by atoms with Gasteiger partial charge in [0.25, 0.3) is 5.91 Å². The number of hydrogen-bond donors (Lipinski definition) is 2. The summed E-state index contributed by atoms with van der Waals surface area (Å²) in [6, 6.07) is 8.35. The van der Waals surface area contributed by atoms with E-state index in [9.17, 15) is 9.59 Å². The summed E-state index contributed by atoms with van der Waals surface area (Å²) in [5.41, 5.74) is 1.54. The smallest absolute Gasteiger partial charge is 0.319 e. The fourth-order valence-electron chi connectivity index (χ4n) is 5.61. The Labute approximate surface area is 240 Å². The maximum Gasteiger partial charge on any atom is 0.319 e. The van der Waals surface area contributed by atoms with E-state index in [1.54, 1.807) is 22.9 Å². The monoisotopic (exact) mass is 616 g/mol. The highest BCUT2D eigenvalue weighted by Crippen LogP contribution is 2.53. The zero-order valence-electron chi connectivity index (χ0n) is 22.1. The van der Waals surface area contributed by atoms with E-state index in [4.69, 9.17) is 21.1 Å². The van der Waals surface area contributed by atoms with Gasteiger partial charge in [-0.2, -0.15) is 0 Å². The summed E-state index contributed by atoms with van der Waals surface area (Å²) >= 11 is 9.72. The number of carbonyl (C=O) groups is 2. The Morgan fingerprint density at radius 2 is 1.82 bits per heavy atom. The lowest BCUT2D eigenvalue weighted by Crippen LogP contribution is -2.44. The predicted molar refractivity (Wildman–Crippen MR) is 151 cm³/mol. The van der Waals surface area contributed by atoms with Gasteiger partial charge in [0, 0.05) is 22.6 Å². The van der Waals surface area contributed by atoms with Gasteiger partial charge >= 0.3 is 6.03 Å². The van der Waals surface area contributed by atoms with E-state index in [0.29, 0.717) is 27.8 Å². The number of amides is 3. The quantitative estimate of drug-likeness (QED) is 0.361. The SMILES string of the molecule is COc1cc(NC(=O)NC(C)C)c(C(=O)N2C3CCC2(c2cn(-c4ccc(Br)c(Cl)c4)nn2)CC3)cc1OC. The van der Waals surface area contributed by atoms with Crippen LogP contribution in [0.4, 0.5) is 10.5 Å². The molecule has 2 saturated heterocycles. The highest BCUT2D eigenvalue weighted by molar-refractivity contribution is 9.10. The molecular weight excluding hydrogens is 588 g/mol. The van der Waals surface area contributed by atoms with Gasteiger partial charge in [-0.15, -0.1) is 5.10 Å². The van der Waals surface area contributed by atoms with Crippen molar-refractivity contribution in [1.82, 2.24) is 25.2 Å². The van der Waals surface area contributed by atoms with Crippen LogP contribution in [0, 0.1) is 0 Å². The largest absolute Gasteiger partial charge is 0.493 e. The molecule has 1 aromatic heterocycles. The molecule has 0 aliphatic carbocycles. The molecular formula is C27H30BrClN6O4. The van der Waals surface area contributed by atoms with Gasteiger partial charge < -0.3 is 25.0 Å². The third kappa shape index (κ3) is 4.93. The second-order valence-electron chi connectivity index (χ2n) is 10.1. The Morgan fingerprint density at radius 3 is 2.46 bits per heavy atom. The van der Waals surface area contributed by atoms with Crippen LogP contribution in [0.15, 0.2) is 41.0 Å².